The fourth-order valence-corrected chi connectivity index (χ4v) is 5.43. The molecule has 0 radical (unpaired) electrons. The summed E-state index contributed by atoms with van der Waals surface area (Å²) >= 11 is 0. The Kier molecular flexibility index (Phi) is 5.64. The summed E-state index contributed by atoms with van der Waals surface area (Å²) in [6.07, 6.45) is 3.65. The van der Waals surface area contributed by atoms with Gasteiger partial charge in [-0.15, -0.1) is 4.40 Å². The molecule has 0 aliphatic carbocycles. The minimum absolute atomic E-state index is 0.113. The molecule has 30 heavy (non-hydrogen) atoms. The number of fused-ring (bicyclic) bond motifs is 3. The maximum absolute atomic E-state index is 13.0. The van der Waals surface area contributed by atoms with Gasteiger partial charge in [0.25, 0.3) is 15.9 Å². The number of anilines is 1. The standard InChI is InChI=1S/C23H27N3O3S/c1-16(2)22(17-9-5-3-6-10-17)24-23(27)18-12-13-19-20(15-18)30(28,29)25-21-11-7-4-8-14-26(19)21/h3,5-6,9-10,12-13,15-16,22H,4,7-8,11,14H2,1-2H3,(H,24,27). The molecule has 1 N–H and O–H groups in total. The maximum Gasteiger partial charge on any atom is 0.286 e. The van der Waals surface area contributed by atoms with Crippen LogP contribution in [-0.4, -0.2) is 26.7 Å². The summed E-state index contributed by atoms with van der Waals surface area (Å²) in [4.78, 5) is 15.1. The molecule has 0 aromatic heterocycles. The number of amides is 1. The zero-order valence-corrected chi connectivity index (χ0v) is 18.2. The Hall–Kier alpha value is -2.67. The predicted octanol–water partition coefficient (Wildman–Crippen LogP) is 4.29. The van der Waals surface area contributed by atoms with Crippen molar-refractivity contribution in [2.75, 3.05) is 11.4 Å². The van der Waals surface area contributed by atoms with Gasteiger partial charge < -0.3 is 10.2 Å². The van der Waals surface area contributed by atoms with Crippen LogP contribution in [0.2, 0.25) is 0 Å². The maximum atomic E-state index is 13.0. The summed E-state index contributed by atoms with van der Waals surface area (Å²) in [6.45, 7) is 4.84. The van der Waals surface area contributed by atoms with Crippen molar-refractivity contribution in [3.63, 3.8) is 0 Å². The van der Waals surface area contributed by atoms with Crippen molar-refractivity contribution in [1.29, 1.82) is 0 Å². The van der Waals surface area contributed by atoms with Crippen LogP contribution in [0.25, 0.3) is 0 Å². The Balaban J connectivity index is 1.65. The molecular weight excluding hydrogens is 398 g/mol. The Labute approximate surface area is 178 Å². The van der Waals surface area contributed by atoms with Gasteiger partial charge in [-0.05, 0) is 42.5 Å². The quantitative estimate of drug-likeness (QED) is 0.792. The molecule has 0 bridgehead atoms. The van der Waals surface area contributed by atoms with Crippen molar-refractivity contribution in [1.82, 2.24) is 5.32 Å². The summed E-state index contributed by atoms with van der Waals surface area (Å²) in [6, 6.07) is 14.5. The molecule has 1 saturated heterocycles. The lowest BCUT2D eigenvalue weighted by Gasteiger charge is -2.30. The predicted molar refractivity (Wildman–Crippen MR) is 118 cm³/mol. The normalized spacial score (nSPS) is 18.6. The highest BCUT2D eigenvalue weighted by atomic mass is 32.2. The van der Waals surface area contributed by atoms with Gasteiger partial charge >= 0.3 is 0 Å². The summed E-state index contributed by atoms with van der Waals surface area (Å²) in [5, 5.41) is 3.07. The number of rotatable bonds is 4. The van der Waals surface area contributed by atoms with Crippen LogP contribution in [0.1, 0.15) is 61.5 Å². The van der Waals surface area contributed by atoms with E-state index in [2.05, 4.69) is 9.71 Å². The first-order chi connectivity index (χ1) is 14.4. The lowest BCUT2D eigenvalue weighted by Crippen LogP contribution is -2.36. The van der Waals surface area contributed by atoms with E-state index in [1.165, 1.54) is 6.07 Å². The highest BCUT2D eigenvalue weighted by Gasteiger charge is 2.32. The van der Waals surface area contributed by atoms with Crippen LogP contribution in [0.15, 0.2) is 57.8 Å². The van der Waals surface area contributed by atoms with Crippen LogP contribution in [0.5, 0.6) is 0 Å². The van der Waals surface area contributed by atoms with Crippen molar-refractivity contribution in [3.05, 3.63) is 59.7 Å². The molecule has 0 saturated carbocycles. The molecule has 7 heteroatoms. The van der Waals surface area contributed by atoms with Crippen molar-refractivity contribution >= 4 is 27.5 Å². The van der Waals surface area contributed by atoms with E-state index in [1.54, 1.807) is 12.1 Å². The molecule has 2 aromatic rings. The number of sulfonamides is 1. The highest BCUT2D eigenvalue weighted by Crippen LogP contribution is 2.35. The van der Waals surface area contributed by atoms with Crippen LogP contribution in [-0.2, 0) is 10.0 Å². The van der Waals surface area contributed by atoms with E-state index in [0.717, 1.165) is 31.4 Å². The van der Waals surface area contributed by atoms with E-state index < -0.39 is 10.0 Å². The molecule has 158 valence electrons. The van der Waals surface area contributed by atoms with Crippen molar-refractivity contribution in [3.8, 4) is 0 Å². The smallest absolute Gasteiger partial charge is 0.286 e. The number of hydrogen-bond donors (Lipinski definition) is 1. The van der Waals surface area contributed by atoms with E-state index in [4.69, 9.17) is 0 Å². The van der Waals surface area contributed by atoms with Crippen molar-refractivity contribution in [2.24, 2.45) is 10.3 Å². The molecule has 0 spiro atoms. The second kappa shape index (κ2) is 8.22. The summed E-state index contributed by atoms with van der Waals surface area (Å²) < 4.78 is 29.7. The molecule has 1 unspecified atom stereocenters. The Bertz CT molecular complexity index is 1080. The van der Waals surface area contributed by atoms with Crippen LogP contribution in [0.4, 0.5) is 5.69 Å². The molecular formula is C23H27N3O3S. The molecule has 1 fully saturated rings. The average molecular weight is 426 g/mol. The third-order valence-corrected chi connectivity index (χ3v) is 7.06. The number of carbonyl (C=O) groups is 1. The molecule has 6 nitrogen and oxygen atoms in total. The fraction of sp³-hybridized carbons (Fsp3) is 0.391. The monoisotopic (exact) mass is 425 g/mol. The van der Waals surface area contributed by atoms with Crippen molar-refractivity contribution in [2.45, 2.75) is 50.5 Å². The lowest BCUT2D eigenvalue weighted by atomic mass is 9.95. The van der Waals surface area contributed by atoms with Gasteiger partial charge in [-0.25, -0.2) is 0 Å². The summed E-state index contributed by atoms with van der Waals surface area (Å²) in [5.41, 5.74) is 1.97. The van der Waals surface area contributed by atoms with Gasteiger partial charge in [0, 0.05) is 18.5 Å². The Morgan fingerprint density at radius 1 is 1.07 bits per heavy atom. The van der Waals surface area contributed by atoms with E-state index in [1.807, 2.05) is 49.1 Å². The average Bonchev–Trinajstić information content (AvgIpc) is 2.97. The minimum Gasteiger partial charge on any atom is -0.345 e. The first kappa shape index (κ1) is 20.6. The van der Waals surface area contributed by atoms with E-state index in [0.29, 0.717) is 23.5 Å². The number of nitrogens with one attached hydrogen (secondary N) is 1. The van der Waals surface area contributed by atoms with E-state index in [9.17, 15) is 13.2 Å². The third-order valence-electron chi connectivity index (χ3n) is 5.72. The number of amidine groups is 1. The minimum atomic E-state index is -3.82. The van der Waals surface area contributed by atoms with Gasteiger partial charge in [-0.2, -0.15) is 8.42 Å². The molecule has 1 amide bonds. The van der Waals surface area contributed by atoms with Gasteiger partial charge in [0.05, 0.1) is 11.7 Å². The first-order valence-corrected chi connectivity index (χ1v) is 11.9. The largest absolute Gasteiger partial charge is 0.345 e. The van der Waals surface area contributed by atoms with E-state index in [-0.39, 0.29) is 22.8 Å². The SMILES string of the molecule is CC(C)C(NC(=O)c1ccc2c(c1)S(=O)(=O)N=C1CCCCCN12)c1ccccc1. The Morgan fingerprint density at radius 3 is 2.57 bits per heavy atom. The van der Waals surface area contributed by atoms with Gasteiger partial charge in [-0.1, -0.05) is 50.6 Å². The highest BCUT2D eigenvalue weighted by molar-refractivity contribution is 7.90. The van der Waals surface area contributed by atoms with Crippen LogP contribution in [0, 0.1) is 5.92 Å². The zero-order valence-electron chi connectivity index (χ0n) is 17.3. The Morgan fingerprint density at radius 2 is 1.83 bits per heavy atom. The molecule has 2 aromatic carbocycles. The number of carbonyl (C=O) groups excluding carboxylic acids is 1. The second-order valence-corrected chi connectivity index (χ2v) is 9.81. The van der Waals surface area contributed by atoms with Gasteiger partial charge in [-0.3, -0.25) is 4.79 Å². The van der Waals surface area contributed by atoms with Gasteiger partial charge in [0.15, 0.2) is 0 Å². The topological polar surface area (TPSA) is 78.8 Å². The van der Waals surface area contributed by atoms with Crippen LogP contribution >= 0.6 is 0 Å². The molecule has 4 rings (SSSR count). The van der Waals surface area contributed by atoms with Crippen LogP contribution < -0.4 is 10.2 Å². The summed E-state index contributed by atoms with van der Waals surface area (Å²) in [5.74, 6) is 0.504. The number of hydrogen-bond acceptors (Lipinski definition) is 4. The van der Waals surface area contributed by atoms with Crippen molar-refractivity contribution < 1.29 is 13.2 Å². The molecule has 2 heterocycles. The molecule has 2 aliphatic rings. The molecule has 2 aliphatic heterocycles. The number of benzene rings is 2. The first-order valence-electron chi connectivity index (χ1n) is 10.5. The lowest BCUT2D eigenvalue weighted by molar-refractivity contribution is 0.0925. The number of nitrogens with zero attached hydrogens (tertiary/aromatic N) is 2. The fourth-order valence-electron chi connectivity index (χ4n) is 4.14. The molecule has 1 atom stereocenters. The zero-order chi connectivity index (χ0) is 21.3. The van der Waals surface area contributed by atoms with Gasteiger partial charge in [0.2, 0.25) is 0 Å². The van der Waals surface area contributed by atoms with E-state index >= 15 is 0 Å². The second-order valence-electron chi connectivity index (χ2n) is 8.23. The van der Waals surface area contributed by atoms with Crippen LogP contribution in [0.3, 0.4) is 0 Å². The summed E-state index contributed by atoms with van der Waals surface area (Å²) in [7, 11) is -3.82. The third kappa shape index (κ3) is 3.99. The van der Waals surface area contributed by atoms with Gasteiger partial charge in [0.1, 0.15) is 10.7 Å².